The molecule has 1 aromatic heterocycles. The molecule has 0 radical (unpaired) electrons. The topological polar surface area (TPSA) is 93.1 Å². The first-order chi connectivity index (χ1) is 15.5. The molecule has 1 aliphatic rings. The molecule has 1 N–H and O–H groups in total. The van der Waals surface area contributed by atoms with Crippen LogP contribution in [-0.4, -0.2) is 45.1 Å². The van der Waals surface area contributed by atoms with E-state index in [2.05, 4.69) is 10.3 Å². The van der Waals surface area contributed by atoms with Gasteiger partial charge in [0, 0.05) is 36.0 Å². The summed E-state index contributed by atoms with van der Waals surface area (Å²) in [6.45, 7) is 0.536. The van der Waals surface area contributed by atoms with Crippen molar-refractivity contribution < 1.29 is 23.7 Å². The van der Waals surface area contributed by atoms with Crippen LogP contribution in [0, 0.1) is 0 Å². The van der Waals surface area contributed by atoms with Crippen LogP contribution in [0.15, 0.2) is 35.1 Å². The molecule has 0 spiro atoms. The zero-order valence-electron chi connectivity index (χ0n) is 19.1. The van der Waals surface area contributed by atoms with Crippen LogP contribution in [0.5, 0.6) is 28.7 Å². The lowest BCUT2D eigenvalue weighted by molar-refractivity contribution is 0.324. The maximum atomic E-state index is 12.8. The van der Waals surface area contributed by atoms with Crippen molar-refractivity contribution in [2.75, 3.05) is 40.9 Å². The van der Waals surface area contributed by atoms with Crippen molar-refractivity contribution in [2.45, 2.75) is 13.0 Å². The Morgan fingerprint density at radius 3 is 2.00 bits per heavy atom. The Labute approximate surface area is 197 Å². The number of nitrogens with zero attached hydrogens (tertiary/aromatic N) is 2. The standard InChI is InChI=1S/C23H25N3O6.ClH/c1-28-17-8-13-6-7-26-16(15(13)11-18(17)29-2)12-21(25-23(26)27)24-14-9-19(30-3)22(32-5)20(10-14)31-4;/h8-12H,6-7H2,1-5H3,(H,24,25,27);1H. The number of methoxy groups -OCH3 is 5. The SMILES string of the molecule is COc1cc2c(cc1OC)-c1cc(Nc3cc(OC)c(OC)c(OC)c3)nc(=O)n1CC2.Cl. The number of hydrogen-bond donors (Lipinski definition) is 1. The highest BCUT2D eigenvalue weighted by Gasteiger charge is 2.22. The number of halogens is 1. The highest BCUT2D eigenvalue weighted by atomic mass is 35.5. The summed E-state index contributed by atoms with van der Waals surface area (Å²) in [5, 5.41) is 3.18. The summed E-state index contributed by atoms with van der Waals surface area (Å²) in [6.07, 6.45) is 0.698. The summed E-state index contributed by atoms with van der Waals surface area (Å²) in [5.74, 6) is 3.12. The average molecular weight is 476 g/mol. The quantitative estimate of drug-likeness (QED) is 0.553. The summed E-state index contributed by atoms with van der Waals surface area (Å²) in [5.41, 5.74) is 3.04. The van der Waals surface area contributed by atoms with Crippen molar-refractivity contribution in [3.63, 3.8) is 0 Å². The minimum atomic E-state index is -0.335. The van der Waals surface area contributed by atoms with E-state index in [1.807, 2.05) is 18.2 Å². The van der Waals surface area contributed by atoms with E-state index in [1.165, 1.54) is 0 Å². The normalized spacial score (nSPS) is 11.4. The van der Waals surface area contributed by atoms with Crippen molar-refractivity contribution in [3.8, 4) is 40.0 Å². The zero-order chi connectivity index (χ0) is 22.8. The van der Waals surface area contributed by atoms with E-state index >= 15 is 0 Å². The van der Waals surface area contributed by atoms with Crippen molar-refractivity contribution in [3.05, 3.63) is 46.4 Å². The molecule has 2 aromatic carbocycles. The number of rotatable bonds is 7. The third kappa shape index (κ3) is 4.36. The average Bonchev–Trinajstić information content (AvgIpc) is 2.82. The molecule has 4 rings (SSSR count). The van der Waals surface area contributed by atoms with Crippen LogP contribution in [0.2, 0.25) is 0 Å². The molecule has 0 atom stereocenters. The number of aryl methyl sites for hydroxylation is 1. The lowest BCUT2D eigenvalue weighted by atomic mass is 9.97. The van der Waals surface area contributed by atoms with Gasteiger partial charge < -0.3 is 29.0 Å². The monoisotopic (exact) mass is 475 g/mol. The van der Waals surface area contributed by atoms with Crippen LogP contribution in [0.4, 0.5) is 11.5 Å². The van der Waals surface area contributed by atoms with Gasteiger partial charge in [-0.15, -0.1) is 12.4 Å². The van der Waals surface area contributed by atoms with E-state index in [-0.39, 0.29) is 18.1 Å². The molecule has 10 heteroatoms. The smallest absolute Gasteiger partial charge is 0.350 e. The largest absolute Gasteiger partial charge is 0.493 e. The summed E-state index contributed by atoms with van der Waals surface area (Å²) in [6, 6.07) is 9.19. The molecular weight excluding hydrogens is 450 g/mol. The van der Waals surface area contributed by atoms with Gasteiger partial charge in [-0.2, -0.15) is 4.98 Å². The molecule has 3 aromatic rings. The Hall–Kier alpha value is -3.59. The van der Waals surface area contributed by atoms with Crippen LogP contribution < -0.4 is 34.7 Å². The van der Waals surface area contributed by atoms with Gasteiger partial charge in [-0.1, -0.05) is 0 Å². The van der Waals surface area contributed by atoms with Crippen molar-refractivity contribution in [1.29, 1.82) is 0 Å². The van der Waals surface area contributed by atoms with Crippen molar-refractivity contribution >= 4 is 23.9 Å². The minimum Gasteiger partial charge on any atom is -0.493 e. The molecule has 0 amide bonds. The lowest BCUT2D eigenvalue weighted by Gasteiger charge is -2.23. The van der Waals surface area contributed by atoms with E-state index in [0.29, 0.717) is 53.2 Å². The second-order valence-electron chi connectivity index (χ2n) is 7.11. The first-order valence-electron chi connectivity index (χ1n) is 9.97. The number of nitrogens with one attached hydrogen (secondary N) is 1. The van der Waals surface area contributed by atoms with Gasteiger partial charge in [-0.3, -0.25) is 4.57 Å². The maximum Gasteiger partial charge on any atom is 0.350 e. The third-order valence-corrected chi connectivity index (χ3v) is 5.44. The molecule has 0 fully saturated rings. The Morgan fingerprint density at radius 1 is 0.818 bits per heavy atom. The van der Waals surface area contributed by atoms with Gasteiger partial charge in [-0.25, -0.2) is 4.79 Å². The van der Waals surface area contributed by atoms with Crippen LogP contribution in [0.25, 0.3) is 11.3 Å². The summed E-state index contributed by atoms with van der Waals surface area (Å²) < 4.78 is 28.7. The van der Waals surface area contributed by atoms with Gasteiger partial charge in [-0.05, 0) is 24.1 Å². The minimum absolute atomic E-state index is 0. The number of fused-ring (bicyclic) bond motifs is 3. The fraction of sp³-hybridized carbons (Fsp3) is 0.304. The van der Waals surface area contributed by atoms with Crippen LogP contribution in [-0.2, 0) is 13.0 Å². The molecule has 2 heterocycles. The number of benzene rings is 2. The number of anilines is 2. The van der Waals surface area contributed by atoms with E-state index in [4.69, 9.17) is 23.7 Å². The second kappa shape index (κ2) is 9.91. The van der Waals surface area contributed by atoms with Gasteiger partial charge in [0.15, 0.2) is 23.0 Å². The maximum absolute atomic E-state index is 12.8. The molecule has 0 unspecified atom stereocenters. The van der Waals surface area contributed by atoms with Gasteiger partial charge in [0.25, 0.3) is 0 Å². The van der Waals surface area contributed by atoms with Gasteiger partial charge in [0.1, 0.15) is 5.82 Å². The number of hydrogen-bond acceptors (Lipinski definition) is 8. The lowest BCUT2D eigenvalue weighted by Crippen LogP contribution is -2.28. The molecule has 0 saturated heterocycles. The molecule has 1 aliphatic heterocycles. The summed E-state index contributed by atoms with van der Waals surface area (Å²) in [7, 11) is 7.82. The van der Waals surface area contributed by atoms with Crippen LogP contribution >= 0.6 is 12.4 Å². The zero-order valence-corrected chi connectivity index (χ0v) is 19.9. The molecule has 0 aliphatic carbocycles. The fourth-order valence-electron chi connectivity index (χ4n) is 3.91. The highest BCUT2D eigenvalue weighted by Crippen LogP contribution is 2.41. The molecule has 33 heavy (non-hydrogen) atoms. The summed E-state index contributed by atoms with van der Waals surface area (Å²) in [4.78, 5) is 17.0. The van der Waals surface area contributed by atoms with Crippen LogP contribution in [0.1, 0.15) is 5.56 Å². The van der Waals surface area contributed by atoms with Gasteiger partial charge in [0.05, 0.1) is 41.2 Å². The fourth-order valence-corrected chi connectivity index (χ4v) is 3.91. The predicted octanol–water partition coefficient (Wildman–Crippen LogP) is 3.67. The Kier molecular flexibility index (Phi) is 7.23. The Bertz CT molecular complexity index is 1200. The molecule has 9 nitrogen and oxygen atoms in total. The predicted molar refractivity (Wildman–Crippen MR) is 127 cm³/mol. The molecular formula is C23H26ClN3O6. The van der Waals surface area contributed by atoms with Crippen molar-refractivity contribution in [2.24, 2.45) is 0 Å². The molecule has 176 valence electrons. The number of aromatic nitrogens is 2. The van der Waals surface area contributed by atoms with E-state index in [1.54, 1.807) is 52.2 Å². The third-order valence-electron chi connectivity index (χ3n) is 5.44. The van der Waals surface area contributed by atoms with Crippen molar-refractivity contribution in [1.82, 2.24) is 9.55 Å². The highest BCUT2D eigenvalue weighted by molar-refractivity contribution is 5.85. The number of ether oxygens (including phenoxy) is 5. The van der Waals surface area contributed by atoms with E-state index in [9.17, 15) is 4.79 Å². The Morgan fingerprint density at radius 2 is 1.42 bits per heavy atom. The first kappa shape index (κ1) is 24.1. The van der Waals surface area contributed by atoms with Crippen LogP contribution in [0.3, 0.4) is 0 Å². The summed E-state index contributed by atoms with van der Waals surface area (Å²) >= 11 is 0. The van der Waals surface area contributed by atoms with Gasteiger partial charge >= 0.3 is 5.69 Å². The molecule has 0 saturated carbocycles. The second-order valence-corrected chi connectivity index (χ2v) is 7.11. The Balaban J connectivity index is 0.00000306. The van der Waals surface area contributed by atoms with E-state index < -0.39 is 0 Å². The molecule has 0 bridgehead atoms. The first-order valence-corrected chi connectivity index (χ1v) is 9.97. The van der Waals surface area contributed by atoms with Gasteiger partial charge in [0.2, 0.25) is 5.75 Å². The van der Waals surface area contributed by atoms with E-state index in [0.717, 1.165) is 16.8 Å².